The fraction of sp³-hybridized carbons (Fsp3) is 0.391. The van der Waals surface area contributed by atoms with E-state index in [-0.39, 0.29) is 0 Å². The number of rotatable bonds is 8. The summed E-state index contributed by atoms with van der Waals surface area (Å²) >= 11 is 4.31. The maximum atomic E-state index is 4.33. The second-order valence-corrected chi connectivity index (χ2v) is 6.99. The molecule has 0 saturated carbocycles. The van der Waals surface area contributed by atoms with E-state index in [0.29, 0.717) is 0 Å². The van der Waals surface area contributed by atoms with Gasteiger partial charge in [-0.05, 0) is 54.0 Å². The molecule has 2 rings (SSSR count). The average molecular weight is 339 g/mol. The zero-order chi connectivity index (χ0) is 17.4. The molecule has 0 aromatic heterocycles. The summed E-state index contributed by atoms with van der Waals surface area (Å²) in [5.41, 5.74) is 7.82. The van der Waals surface area contributed by atoms with E-state index in [1.54, 1.807) is 0 Å². The first kappa shape index (κ1) is 18.9. The molecule has 1 aromatic rings. The van der Waals surface area contributed by atoms with E-state index in [1.165, 1.54) is 65.5 Å². The van der Waals surface area contributed by atoms with Crippen molar-refractivity contribution >= 4 is 18.2 Å². The molecule has 24 heavy (non-hydrogen) atoms. The Kier molecular flexibility index (Phi) is 7.65. The third-order valence-electron chi connectivity index (χ3n) is 4.61. The van der Waals surface area contributed by atoms with E-state index < -0.39 is 0 Å². The van der Waals surface area contributed by atoms with Crippen LogP contribution in [0.3, 0.4) is 0 Å². The van der Waals surface area contributed by atoms with E-state index in [2.05, 4.69) is 75.5 Å². The van der Waals surface area contributed by atoms with Crippen LogP contribution in [0, 0.1) is 0 Å². The molecule has 0 unspecified atom stereocenters. The lowest BCUT2D eigenvalue weighted by molar-refractivity contribution is 0.667. The minimum atomic E-state index is 0.802. The number of allylic oxidation sites excluding steroid dienone is 6. The van der Waals surface area contributed by atoms with Crippen LogP contribution in [0.4, 0.5) is 0 Å². The van der Waals surface area contributed by atoms with Gasteiger partial charge < -0.3 is 0 Å². The van der Waals surface area contributed by atoms with Crippen molar-refractivity contribution in [2.24, 2.45) is 0 Å². The lowest BCUT2D eigenvalue weighted by atomic mass is 9.96. The highest BCUT2D eigenvalue weighted by molar-refractivity contribution is 7.80. The minimum absolute atomic E-state index is 0.802. The van der Waals surface area contributed by atoms with Gasteiger partial charge in [-0.3, -0.25) is 0 Å². The van der Waals surface area contributed by atoms with Crippen LogP contribution in [0.1, 0.15) is 57.1 Å². The second kappa shape index (κ2) is 9.74. The van der Waals surface area contributed by atoms with E-state index in [0.717, 1.165) is 12.2 Å². The summed E-state index contributed by atoms with van der Waals surface area (Å²) in [6.45, 7) is 8.70. The van der Waals surface area contributed by atoms with Gasteiger partial charge in [-0.25, -0.2) is 0 Å². The molecule has 1 heteroatoms. The Morgan fingerprint density at radius 3 is 2.83 bits per heavy atom. The SMILES string of the molecule is C=C1C(c2cccc(CCCCCC)c2)=CC/C1=C/C=C(\C)CS. The van der Waals surface area contributed by atoms with Crippen LogP contribution in [0.5, 0.6) is 0 Å². The molecule has 1 aromatic carbocycles. The Labute approximate surface area is 153 Å². The zero-order valence-corrected chi connectivity index (χ0v) is 16.0. The standard InChI is InChI=1S/C23H30S/c1-4-5-6-7-9-20-10-8-11-22(16-20)23-15-14-21(19(23)3)13-12-18(2)17-24/h8,10-13,15-16,24H,3-7,9,14,17H2,1-2H3/b18-12+,21-13-. The van der Waals surface area contributed by atoms with E-state index in [9.17, 15) is 0 Å². The van der Waals surface area contributed by atoms with Crippen LogP contribution in [0.25, 0.3) is 5.57 Å². The Balaban J connectivity index is 2.06. The summed E-state index contributed by atoms with van der Waals surface area (Å²) < 4.78 is 0. The summed E-state index contributed by atoms with van der Waals surface area (Å²) in [6.07, 6.45) is 14.1. The first-order valence-corrected chi connectivity index (χ1v) is 9.75. The van der Waals surface area contributed by atoms with Crippen LogP contribution < -0.4 is 0 Å². The van der Waals surface area contributed by atoms with Crippen LogP contribution in [-0.4, -0.2) is 5.75 Å². The quantitative estimate of drug-likeness (QED) is 0.384. The Hall–Kier alpha value is -1.47. The molecule has 0 N–H and O–H groups in total. The van der Waals surface area contributed by atoms with Gasteiger partial charge >= 0.3 is 0 Å². The topological polar surface area (TPSA) is 0 Å². The molecule has 1 aliphatic carbocycles. The monoisotopic (exact) mass is 338 g/mol. The Bertz CT molecular complexity index is 658. The van der Waals surface area contributed by atoms with Crippen molar-refractivity contribution < 1.29 is 0 Å². The van der Waals surface area contributed by atoms with E-state index in [1.807, 2.05) is 0 Å². The predicted molar refractivity (Wildman–Crippen MR) is 112 cm³/mol. The average Bonchev–Trinajstić information content (AvgIpc) is 2.97. The van der Waals surface area contributed by atoms with Crippen LogP contribution in [0.15, 0.2) is 65.8 Å². The lowest BCUT2D eigenvalue weighted by Gasteiger charge is -2.09. The van der Waals surface area contributed by atoms with Crippen molar-refractivity contribution in [1.29, 1.82) is 0 Å². The smallest absolute Gasteiger partial charge is 0.0113 e. The molecule has 0 heterocycles. The molecule has 0 bridgehead atoms. The highest BCUT2D eigenvalue weighted by Gasteiger charge is 2.16. The molecular weight excluding hydrogens is 308 g/mol. The zero-order valence-electron chi connectivity index (χ0n) is 15.1. The van der Waals surface area contributed by atoms with Crippen molar-refractivity contribution in [2.75, 3.05) is 5.75 Å². The van der Waals surface area contributed by atoms with Crippen molar-refractivity contribution in [1.82, 2.24) is 0 Å². The number of hydrogen-bond donors (Lipinski definition) is 1. The molecule has 1 aliphatic rings. The van der Waals surface area contributed by atoms with Crippen molar-refractivity contribution in [3.8, 4) is 0 Å². The maximum absolute atomic E-state index is 4.33. The van der Waals surface area contributed by atoms with E-state index >= 15 is 0 Å². The van der Waals surface area contributed by atoms with Gasteiger partial charge in [-0.1, -0.05) is 80.8 Å². The number of hydrogen-bond acceptors (Lipinski definition) is 1. The van der Waals surface area contributed by atoms with Crippen LogP contribution >= 0.6 is 12.6 Å². The molecule has 0 nitrogen and oxygen atoms in total. The van der Waals surface area contributed by atoms with Gasteiger partial charge in [0.15, 0.2) is 0 Å². The Morgan fingerprint density at radius 1 is 1.25 bits per heavy atom. The molecule has 0 amide bonds. The summed E-state index contributed by atoms with van der Waals surface area (Å²) in [5.74, 6) is 0.802. The van der Waals surface area contributed by atoms with Crippen LogP contribution in [0.2, 0.25) is 0 Å². The normalized spacial score (nSPS) is 16.8. The summed E-state index contributed by atoms with van der Waals surface area (Å²) in [4.78, 5) is 0. The van der Waals surface area contributed by atoms with Gasteiger partial charge in [-0.15, -0.1) is 0 Å². The first-order valence-electron chi connectivity index (χ1n) is 9.12. The van der Waals surface area contributed by atoms with Crippen molar-refractivity contribution in [3.05, 3.63) is 76.9 Å². The molecule has 0 radical (unpaired) electrons. The molecular formula is C23H30S. The van der Waals surface area contributed by atoms with Crippen molar-refractivity contribution in [2.45, 2.75) is 52.4 Å². The molecule has 0 saturated heterocycles. The number of benzene rings is 1. The lowest BCUT2D eigenvalue weighted by Crippen LogP contribution is -1.90. The number of unbranched alkanes of at least 4 members (excludes halogenated alkanes) is 3. The molecule has 0 aliphatic heterocycles. The van der Waals surface area contributed by atoms with Gasteiger partial charge in [0, 0.05) is 5.75 Å². The summed E-state index contributed by atoms with van der Waals surface area (Å²) in [7, 11) is 0. The van der Waals surface area contributed by atoms with Gasteiger partial charge in [-0.2, -0.15) is 12.6 Å². The third kappa shape index (κ3) is 5.27. The molecule has 0 atom stereocenters. The highest BCUT2D eigenvalue weighted by Crippen LogP contribution is 2.36. The largest absolute Gasteiger partial charge is 0.175 e. The molecule has 0 fully saturated rings. The minimum Gasteiger partial charge on any atom is -0.175 e. The third-order valence-corrected chi connectivity index (χ3v) is 5.11. The van der Waals surface area contributed by atoms with Gasteiger partial charge in [0.25, 0.3) is 0 Å². The highest BCUT2D eigenvalue weighted by atomic mass is 32.1. The van der Waals surface area contributed by atoms with Gasteiger partial charge in [0.1, 0.15) is 0 Å². The number of thiol groups is 1. The van der Waals surface area contributed by atoms with Gasteiger partial charge in [0.2, 0.25) is 0 Å². The van der Waals surface area contributed by atoms with Gasteiger partial charge in [0.05, 0.1) is 0 Å². The van der Waals surface area contributed by atoms with Crippen molar-refractivity contribution in [3.63, 3.8) is 0 Å². The van der Waals surface area contributed by atoms with E-state index in [4.69, 9.17) is 0 Å². The summed E-state index contributed by atoms with van der Waals surface area (Å²) in [6, 6.07) is 9.00. The fourth-order valence-corrected chi connectivity index (χ4v) is 3.14. The fourth-order valence-electron chi connectivity index (χ4n) is 3.04. The van der Waals surface area contributed by atoms with Crippen LogP contribution in [-0.2, 0) is 6.42 Å². The maximum Gasteiger partial charge on any atom is 0.0113 e. The first-order chi connectivity index (χ1) is 11.7. The molecule has 0 spiro atoms. The Morgan fingerprint density at radius 2 is 2.08 bits per heavy atom. The predicted octanol–water partition coefficient (Wildman–Crippen LogP) is 6.96. The summed E-state index contributed by atoms with van der Waals surface area (Å²) in [5, 5.41) is 0. The number of aryl methyl sites for hydroxylation is 1. The second-order valence-electron chi connectivity index (χ2n) is 6.67. The molecule has 128 valence electrons.